The zero-order valence-corrected chi connectivity index (χ0v) is 11.4. The van der Waals surface area contributed by atoms with Gasteiger partial charge in [-0.05, 0) is 43.0 Å². The van der Waals surface area contributed by atoms with Crippen LogP contribution in [0.5, 0.6) is 0 Å². The van der Waals surface area contributed by atoms with Gasteiger partial charge < -0.3 is 11.1 Å². The SMILES string of the molecule is CCCC(CCN)Nc1ccc(C(C)C)cc1. The Morgan fingerprint density at radius 3 is 2.24 bits per heavy atom. The van der Waals surface area contributed by atoms with Crippen LogP contribution in [0.1, 0.15) is 51.5 Å². The predicted octanol–water partition coefficient (Wildman–Crippen LogP) is 3.74. The second-order valence-corrected chi connectivity index (χ2v) is 4.98. The van der Waals surface area contributed by atoms with Crippen molar-refractivity contribution in [2.24, 2.45) is 5.73 Å². The van der Waals surface area contributed by atoms with E-state index >= 15 is 0 Å². The summed E-state index contributed by atoms with van der Waals surface area (Å²) in [4.78, 5) is 0. The third-order valence-corrected chi connectivity index (χ3v) is 3.10. The zero-order valence-electron chi connectivity index (χ0n) is 11.4. The Balaban J connectivity index is 2.59. The van der Waals surface area contributed by atoms with Crippen molar-refractivity contribution in [2.45, 2.75) is 52.0 Å². The molecule has 2 nitrogen and oxygen atoms in total. The Hall–Kier alpha value is -1.02. The Kier molecular flexibility index (Phi) is 6.06. The molecule has 0 bridgehead atoms. The molecule has 0 heterocycles. The molecule has 0 saturated heterocycles. The van der Waals surface area contributed by atoms with E-state index in [1.165, 1.54) is 24.1 Å². The highest BCUT2D eigenvalue weighted by atomic mass is 14.9. The van der Waals surface area contributed by atoms with E-state index < -0.39 is 0 Å². The van der Waals surface area contributed by atoms with Crippen LogP contribution >= 0.6 is 0 Å². The van der Waals surface area contributed by atoms with Crippen molar-refractivity contribution in [1.82, 2.24) is 0 Å². The molecule has 1 aromatic carbocycles. The Morgan fingerprint density at radius 1 is 1.12 bits per heavy atom. The Labute approximate surface area is 106 Å². The number of rotatable bonds is 7. The normalized spacial score (nSPS) is 12.8. The van der Waals surface area contributed by atoms with Gasteiger partial charge in [-0.1, -0.05) is 39.3 Å². The molecule has 2 heteroatoms. The standard InChI is InChI=1S/C15H26N2/c1-4-5-14(10-11-16)17-15-8-6-13(7-9-15)12(2)3/h6-9,12,14,17H,4-5,10-11,16H2,1-3H3. The van der Waals surface area contributed by atoms with E-state index in [9.17, 15) is 0 Å². The highest BCUT2D eigenvalue weighted by Gasteiger charge is 2.06. The zero-order chi connectivity index (χ0) is 12.7. The van der Waals surface area contributed by atoms with E-state index in [1.54, 1.807) is 0 Å². The van der Waals surface area contributed by atoms with Gasteiger partial charge in [0, 0.05) is 11.7 Å². The quantitative estimate of drug-likeness (QED) is 0.754. The first kappa shape index (κ1) is 14.0. The minimum Gasteiger partial charge on any atom is -0.382 e. The predicted molar refractivity (Wildman–Crippen MR) is 76.5 cm³/mol. The van der Waals surface area contributed by atoms with E-state index in [1.807, 2.05) is 0 Å². The molecule has 96 valence electrons. The smallest absolute Gasteiger partial charge is 0.0342 e. The number of hydrogen-bond donors (Lipinski definition) is 2. The highest BCUT2D eigenvalue weighted by Crippen LogP contribution is 2.18. The summed E-state index contributed by atoms with van der Waals surface area (Å²) < 4.78 is 0. The average molecular weight is 234 g/mol. The van der Waals surface area contributed by atoms with Gasteiger partial charge >= 0.3 is 0 Å². The van der Waals surface area contributed by atoms with Gasteiger partial charge in [0.25, 0.3) is 0 Å². The third-order valence-electron chi connectivity index (χ3n) is 3.10. The molecule has 0 amide bonds. The molecule has 1 aromatic rings. The molecular weight excluding hydrogens is 208 g/mol. The number of anilines is 1. The molecule has 0 radical (unpaired) electrons. The van der Waals surface area contributed by atoms with E-state index in [-0.39, 0.29) is 0 Å². The number of nitrogens with two attached hydrogens (primary N) is 1. The molecular formula is C15H26N2. The molecule has 0 aliphatic rings. The van der Waals surface area contributed by atoms with Gasteiger partial charge in [-0.15, -0.1) is 0 Å². The van der Waals surface area contributed by atoms with Crippen molar-refractivity contribution in [3.63, 3.8) is 0 Å². The van der Waals surface area contributed by atoms with Crippen LogP contribution in [0.4, 0.5) is 5.69 Å². The molecule has 1 unspecified atom stereocenters. The van der Waals surface area contributed by atoms with Crippen LogP contribution < -0.4 is 11.1 Å². The summed E-state index contributed by atoms with van der Waals surface area (Å²) >= 11 is 0. The molecule has 0 saturated carbocycles. The first-order valence-electron chi connectivity index (χ1n) is 6.74. The molecule has 0 spiro atoms. The minimum absolute atomic E-state index is 0.509. The summed E-state index contributed by atoms with van der Waals surface area (Å²) in [6, 6.07) is 9.27. The number of nitrogens with one attached hydrogen (secondary N) is 1. The van der Waals surface area contributed by atoms with Crippen molar-refractivity contribution in [3.8, 4) is 0 Å². The number of hydrogen-bond acceptors (Lipinski definition) is 2. The molecule has 3 N–H and O–H groups in total. The first-order chi connectivity index (χ1) is 8.17. The van der Waals surface area contributed by atoms with E-state index in [0.29, 0.717) is 12.0 Å². The van der Waals surface area contributed by atoms with Gasteiger partial charge in [0.1, 0.15) is 0 Å². The Morgan fingerprint density at radius 2 is 1.76 bits per heavy atom. The van der Waals surface area contributed by atoms with E-state index in [0.717, 1.165) is 13.0 Å². The monoisotopic (exact) mass is 234 g/mol. The lowest BCUT2D eigenvalue weighted by Gasteiger charge is -2.19. The van der Waals surface area contributed by atoms with Crippen molar-refractivity contribution in [3.05, 3.63) is 29.8 Å². The van der Waals surface area contributed by atoms with Crippen molar-refractivity contribution in [1.29, 1.82) is 0 Å². The van der Waals surface area contributed by atoms with Crippen molar-refractivity contribution < 1.29 is 0 Å². The van der Waals surface area contributed by atoms with Gasteiger partial charge in [0.2, 0.25) is 0 Å². The topological polar surface area (TPSA) is 38.0 Å². The maximum absolute atomic E-state index is 5.64. The van der Waals surface area contributed by atoms with Crippen LogP contribution in [0.2, 0.25) is 0 Å². The fraction of sp³-hybridized carbons (Fsp3) is 0.600. The highest BCUT2D eigenvalue weighted by molar-refractivity contribution is 5.45. The Bertz CT molecular complexity index is 297. The summed E-state index contributed by atoms with van der Waals surface area (Å²) in [6.45, 7) is 7.41. The summed E-state index contributed by atoms with van der Waals surface area (Å²) in [7, 11) is 0. The van der Waals surface area contributed by atoms with E-state index in [2.05, 4.69) is 50.4 Å². The molecule has 17 heavy (non-hydrogen) atoms. The molecule has 0 aromatic heterocycles. The largest absolute Gasteiger partial charge is 0.382 e. The van der Waals surface area contributed by atoms with E-state index in [4.69, 9.17) is 5.73 Å². The fourth-order valence-electron chi connectivity index (χ4n) is 2.04. The molecule has 0 aliphatic heterocycles. The summed E-state index contributed by atoms with van der Waals surface area (Å²) in [6.07, 6.45) is 3.42. The van der Waals surface area contributed by atoms with Crippen LogP contribution in [0.15, 0.2) is 24.3 Å². The van der Waals surface area contributed by atoms with Crippen LogP contribution in [0.3, 0.4) is 0 Å². The van der Waals surface area contributed by atoms with Gasteiger partial charge in [0.05, 0.1) is 0 Å². The van der Waals surface area contributed by atoms with Crippen molar-refractivity contribution >= 4 is 5.69 Å². The number of benzene rings is 1. The van der Waals surface area contributed by atoms with Crippen LogP contribution in [-0.4, -0.2) is 12.6 Å². The first-order valence-corrected chi connectivity index (χ1v) is 6.74. The van der Waals surface area contributed by atoms with Gasteiger partial charge in [-0.3, -0.25) is 0 Å². The molecule has 1 atom stereocenters. The summed E-state index contributed by atoms with van der Waals surface area (Å²) in [5.74, 6) is 0.597. The second-order valence-electron chi connectivity index (χ2n) is 4.98. The van der Waals surface area contributed by atoms with Crippen LogP contribution in [-0.2, 0) is 0 Å². The van der Waals surface area contributed by atoms with Gasteiger partial charge in [0.15, 0.2) is 0 Å². The lowest BCUT2D eigenvalue weighted by Crippen LogP contribution is -2.22. The van der Waals surface area contributed by atoms with Crippen molar-refractivity contribution in [2.75, 3.05) is 11.9 Å². The van der Waals surface area contributed by atoms with Crippen LogP contribution in [0.25, 0.3) is 0 Å². The molecule has 0 aliphatic carbocycles. The van der Waals surface area contributed by atoms with Gasteiger partial charge in [-0.25, -0.2) is 0 Å². The minimum atomic E-state index is 0.509. The lowest BCUT2D eigenvalue weighted by molar-refractivity contribution is 0.601. The fourth-order valence-corrected chi connectivity index (χ4v) is 2.04. The second kappa shape index (κ2) is 7.33. The molecule has 0 fully saturated rings. The maximum Gasteiger partial charge on any atom is 0.0342 e. The van der Waals surface area contributed by atoms with Gasteiger partial charge in [-0.2, -0.15) is 0 Å². The molecule has 1 rings (SSSR count). The average Bonchev–Trinajstić information content (AvgIpc) is 2.30. The third kappa shape index (κ3) is 4.78. The lowest BCUT2D eigenvalue weighted by atomic mass is 10.0. The summed E-state index contributed by atoms with van der Waals surface area (Å²) in [5.41, 5.74) is 8.24. The maximum atomic E-state index is 5.64. The summed E-state index contributed by atoms with van der Waals surface area (Å²) in [5, 5.41) is 3.57. The van der Waals surface area contributed by atoms with Crippen LogP contribution in [0, 0.1) is 0 Å².